The zero-order chi connectivity index (χ0) is 9.10. The molecule has 0 aliphatic carbocycles. The van der Waals surface area contributed by atoms with Gasteiger partial charge in [-0.05, 0) is 19.3 Å². The SMILES string of the molecule is O=C1CCNCC1CC1CCCO1. The highest BCUT2D eigenvalue weighted by atomic mass is 16.5. The fraction of sp³-hybridized carbons (Fsp3) is 0.900. The summed E-state index contributed by atoms with van der Waals surface area (Å²) in [6.07, 6.45) is 4.31. The molecule has 3 nitrogen and oxygen atoms in total. The number of hydrogen-bond acceptors (Lipinski definition) is 3. The van der Waals surface area contributed by atoms with Gasteiger partial charge in [0, 0.05) is 32.0 Å². The van der Waals surface area contributed by atoms with Crippen LogP contribution in [-0.2, 0) is 9.53 Å². The van der Waals surface area contributed by atoms with Crippen LogP contribution in [0.25, 0.3) is 0 Å². The van der Waals surface area contributed by atoms with E-state index in [0.29, 0.717) is 18.3 Å². The van der Waals surface area contributed by atoms with Crippen molar-refractivity contribution >= 4 is 5.78 Å². The molecule has 0 aromatic heterocycles. The lowest BCUT2D eigenvalue weighted by atomic mass is 9.91. The second-order valence-corrected chi connectivity index (χ2v) is 3.99. The van der Waals surface area contributed by atoms with Crippen molar-refractivity contribution in [1.29, 1.82) is 0 Å². The molecule has 2 heterocycles. The van der Waals surface area contributed by atoms with E-state index >= 15 is 0 Å². The van der Waals surface area contributed by atoms with Crippen LogP contribution in [0, 0.1) is 5.92 Å². The number of Topliss-reactive ketones (excluding diaryl/α,β-unsaturated/α-hetero) is 1. The fourth-order valence-corrected chi connectivity index (χ4v) is 2.17. The number of hydrogen-bond donors (Lipinski definition) is 1. The van der Waals surface area contributed by atoms with Gasteiger partial charge in [-0.2, -0.15) is 0 Å². The topological polar surface area (TPSA) is 38.3 Å². The molecular formula is C10H17NO2. The van der Waals surface area contributed by atoms with E-state index in [2.05, 4.69) is 5.32 Å². The summed E-state index contributed by atoms with van der Waals surface area (Å²) in [5.74, 6) is 0.645. The normalized spacial score (nSPS) is 35.2. The van der Waals surface area contributed by atoms with Crippen LogP contribution < -0.4 is 5.32 Å². The number of rotatable bonds is 2. The molecular weight excluding hydrogens is 166 g/mol. The second-order valence-electron chi connectivity index (χ2n) is 3.99. The first kappa shape index (κ1) is 9.16. The van der Waals surface area contributed by atoms with Crippen LogP contribution in [0.5, 0.6) is 0 Å². The van der Waals surface area contributed by atoms with Crippen molar-refractivity contribution in [2.75, 3.05) is 19.7 Å². The van der Waals surface area contributed by atoms with Gasteiger partial charge in [0.25, 0.3) is 0 Å². The van der Waals surface area contributed by atoms with Crippen LogP contribution >= 0.6 is 0 Å². The van der Waals surface area contributed by atoms with E-state index in [1.54, 1.807) is 0 Å². The summed E-state index contributed by atoms with van der Waals surface area (Å²) < 4.78 is 5.52. The van der Waals surface area contributed by atoms with Crippen molar-refractivity contribution in [2.45, 2.75) is 31.8 Å². The summed E-state index contributed by atoms with van der Waals surface area (Å²) in [6.45, 7) is 2.61. The van der Waals surface area contributed by atoms with E-state index in [9.17, 15) is 4.79 Å². The number of carbonyl (C=O) groups excluding carboxylic acids is 1. The largest absolute Gasteiger partial charge is 0.378 e. The van der Waals surface area contributed by atoms with E-state index < -0.39 is 0 Å². The van der Waals surface area contributed by atoms with Gasteiger partial charge in [-0.25, -0.2) is 0 Å². The van der Waals surface area contributed by atoms with E-state index in [-0.39, 0.29) is 5.92 Å². The molecule has 0 amide bonds. The lowest BCUT2D eigenvalue weighted by molar-refractivity contribution is -0.125. The standard InChI is InChI=1S/C10H17NO2/c12-10-3-4-11-7-8(10)6-9-2-1-5-13-9/h8-9,11H,1-7H2. The highest BCUT2D eigenvalue weighted by Crippen LogP contribution is 2.21. The third-order valence-electron chi connectivity index (χ3n) is 2.97. The Morgan fingerprint density at radius 3 is 3.15 bits per heavy atom. The molecule has 0 saturated carbocycles. The maximum Gasteiger partial charge on any atom is 0.138 e. The molecule has 13 heavy (non-hydrogen) atoms. The Morgan fingerprint density at radius 2 is 2.46 bits per heavy atom. The molecule has 2 aliphatic rings. The monoisotopic (exact) mass is 183 g/mol. The molecule has 2 saturated heterocycles. The predicted molar refractivity (Wildman–Crippen MR) is 49.6 cm³/mol. The van der Waals surface area contributed by atoms with Crippen LogP contribution in [0.4, 0.5) is 0 Å². The van der Waals surface area contributed by atoms with Gasteiger partial charge < -0.3 is 10.1 Å². The summed E-state index contributed by atoms with van der Waals surface area (Å²) in [6, 6.07) is 0. The maximum atomic E-state index is 11.5. The van der Waals surface area contributed by atoms with Crippen LogP contribution in [0.3, 0.4) is 0 Å². The van der Waals surface area contributed by atoms with Crippen LogP contribution in [0.15, 0.2) is 0 Å². The van der Waals surface area contributed by atoms with Crippen LogP contribution in [-0.4, -0.2) is 31.6 Å². The Bertz CT molecular complexity index is 187. The van der Waals surface area contributed by atoms with Gasteiger partial charge >= 0.3 is 0 Å². The van der Waals surface area contributed by atoms with Gasteiger partial charge in [-0.1, -0.05) is 0 Å². The first-order chi connectivity index (χ1) is 6.36. The molecule has 2 fully saturated rings. The first-order valence-electron chi connectivity index (χ1n) is 5.21. The second kappa shape index (κ2) is 4.20. The third-order valence-corrected chi connectivity index (χ3v) is 2.97. The molecule has 0 aromatic carbocycles. The van der Waals surface area contributed by atoms with Gasteiger partial charge in [0.1, 0.15) is 5.78 Å². The average molecular weight is 183 g/mol. The lowest BCUT2D eigenvalue weighted by Crippen LogP contribution is -2.38. The van der Waals surface area contributed by atoms with Crippen molar-refractivity contribution < 1.29 is 9.53 Å². The Kier molecular flexibility index (Phi) is 2.96. The first-order valence-corrected chi connectivity index (χ1v) is 5.21. The minimum atomic E-state index is 0.219. The van der Waals surface area contributed by atoms with Crippen molar-refractivity contribution in [3.63, 3.8) is 0 Å². The number of ketones is 1. The molecule has 0 radical (unpaired) electrons. The van der Waals surface area contributed by atoms with Gasteiger partial charge in [0.15, 0.2) is 0 Å². The van der Waals surface area contributed by atoms with Crippen molar-refractivity contribution in [3.8, 4) is 0 Å². The van der Waals surface area contributed by atoms with Crippen molar-refractivity contribution in [1.82, 2.24) is 5.32 Å². The quantitative estimate of drug-likeness (QED) is 0.686. The van der Waals surface area contributed by atoms with Crippen molar-refractivity contribution in [2.24, 2.45) is 5.92 Å². The molecule has 2 rings (SSSR count). The summed E-state index contributed by atoms with van der Waals surface area (Å²) in [4.78, 5) is 11.5. The minimum absolute atomic E-state index is 0.219. The molecule has 0 spiro atoms. The minimum Gasteiger partial charge on any atom is -0.378 e. The predicted octanol–water partition coefficient (Wildman–Crippen LogP) is 0.734. The van der Waals surface area contributed by atoms with Gasteiger partial charge in [0.05, 0.1) is 6.10 Å². The van der Waals surface area contributed by atoms with Gasteiger partial charge in [0.2, 0.25) is 0 Å². The van der Waals surface area contributed by atoms with E-state index in [1.807, 2.05) is 0 Å². The Labute approximate surface area is 78.8 Å². The molecule has 0 bridgehead atoms. The molecule has 74 valence electrons. The number of ether oxygens (including phenoxy) is 1. The molecule has 2 aliphatic heterocycles. The molecule has 2 atom stereocenters. The Morgan fingerprint density at radius 1 is 1.54 bits per heavy atom. The zero-order valence-corrected chi connectivity index (χ0v) is 7.92. The molecule has 3 heteroatoms. The lowest BCUT2D eigenvalue weighted by Gasteiger charge is -2.23. The molecule has 0 aromatic rings. The van der Waals surface area contributed by atoms with Gasteiger partial charge in [-0.3, -0.25) is 4.79 Å². The Balaban J connectivity index is 1.81. The van der Waals surface area contributed by atoms with Gasteiger partial charge in [-0.15, -0.1) is 0 Å². The zero-order valence-electron chi connectivity index (χ0n) is 7.92. The summed E-state index contributed by atoms with van der Waals surface area (Å²) in [7, 11) is 0. The highest BCUT2D eigenvalue weighted by Gasteiger charge is 2.27. The van der Waals surface area contributed by atoms with Crippen LogP contribution in [0.1, 0.15) is 25.7 Å². The fourth-order valence-electron chi connectivity index (χ4n) is 2.17. The summed E-state index contributed by atoms with van der Waals surface area (Å²) in [5.41, 5.74) is 0. The average Bonchev–Trinajstić information content (AvgIpc) is 2.61. The third kappa shape index (κ3) is 2.29. The number of piperidine rings is 1. The van der Waals surface area contributed by atoms with E-state index in [4.69, 9.17) is 4.74 Å². The van der Waals surface area contributed by atoms with E-state index in [1.165, 1.54) is 6.42 Å². The van der Waals surface area contributed by atoms with Crippen molar-refractivity contribution in [3.05, 3.63) is 0 Å². The molecule has 2 unspecified atom stereocenters. The summed E-state index contributed by atoms with van der Waals surface area (Å²) >= 11 is 0. The number of nitrogens with one attached hydrogen (secondary N) is 1. The summed E-state index contributed by atoms with van der Waals surface area (Å²) in [5, 5.41) is 3.26. The smallest absolute Gasteiger partial charge is 0.138 e. The maximum absolute atomic E-state index is 11.5. The van der Waals surface area contributed by atoms with E-state index in [0.717, 1.165) is 32.5 Å². The highest BCUT2D eigenvalue weighted by molar-refractivity contribution is 5.82. The number of carbonyl (C=O) groups is 1. The molecule has 1 N–H and O–H groups in total. The van der Waals surface area contributed by atoms with Crippen LogP contribution in [0.2, 0.25) is 0 Å². The Hall–Kier alpha value is -0.410.